The normalized spacial score (nSPS) is 13.3. The molecule has 0 heterocycles. The lowest BCUT2D eigenvalue weighted by Gasteiger charge is -2.25. The Morgan fingerprint density at radius 2 is 0.982 bits per heavy atom. The number of quaternary nitrogens is 1. The number of hydrogen-bond acceptors (Lipinski definition) is 7. The van der Waals surface area contributed by atoms with Crippen LogP contribution in [-0.4, -0.2) is 87.4 Å². The van der Waals surface area contributed by atoms with Crippen molar-refractivity contribution in [3.05, 3.63) is 36.5 Å². The molecule has 0 saturated heterocycles. The maximum Gasteiger partial charge on any atom is 0.361 e. The Morgan fingerprint density at radius 1 is 0.545 bits per heavy atom. The number of allylic oxidation sites excluding steroid dienone is 6. The lowest BCUT2D eigenvalue weighted by molar-refractivity contribution is -0.870. The van der Waals surface area contributed by atoms with Crippen LogP contribution in [0.15, 0.2) is 36.5 Å². The number of aliphatic carboxylic acids is 1. The van der Waals surface area contributed by atoms with Crippen LogP contribution in [0.3, 0.4) is 0 Å². The van der Waals surface area contributed by atoms with E-state index >= 15 is 0 Å². The van der Waals surface area contributed by atoms with E-state index in [4.69, 9.17) is 18.9 Å². The predicted octanol–water partition coefficient (Wildman–Crippen LogP) is 11.4. The highest BCUT2D eigenvalue weighted by atomic mass is 16.7. The summed E-state index contributed by atoms with van der Waals surface area (Å²) < 4.78 is 22.7. The molecule has 2 unspecified atom stereocenters. The average molecular weight is 779 g/mol. The molecule has 0 fully saturated rings. The van der Waals surface area contributed by atoms with Crippen LogP contribution >= 0.6 is 0 Å². The predicted molar refractivity (Wildman–Crippen MR) is 226 cm³/mol. The Balaban J connectivity index is 4.49. The molecule has 9 heteroatoms. The number of nitrogens with zero attached hydrogens (tertiary/aromatic N) is 1. The molecular weight excluding hydrogens is 695 g/mol. The Kier molecular flexibility index (Phi) is 36.6. The Morgan fingerprint density at radius 3 is 1.49 bits per heavy atom. The number of unbranched alkanes of at least 4 members (excludes halogenated alkanes) is 19. The second-order valence-electron chi connectivity index (χ2n) is 16.0. The van der Waals surface area contributed by atoms with Gasteiger partial charge in [0.15, 0.2) is 6.10 Å². The molecule has 0 aliphatic heterocycles. The second-order valence-corrected chi connectivity index (χ2v) is 16.0. The van der Waals surface area contributed by atoms with Gasteiger partial charge in [0.05, 0.1) is 34.4 Å². The Hall–Kier alpha value is -2.49. The van der Waals surface area contributed by atoms with Crippen LogP contribution in [0.5, 0.6) is 0 Å². The van der Waals surface area contributed by atoms with Gasteiger partial charge in [0.1, 0.15) is 13.2 Å². The zero-order valence-corrected chi connectivity index (χ0v) is 36.1. The third-order valence-electron chi connectivity index (χ3n) is 9.37. The fourth-order valence-electron chi connectivity index (χ4n) is 5.86. The maximum absolute atomic E-state index is 12.7. The van der Waals surface area contributed by atoms with E-state index in [2.05, 4.69) is 50.3 Å². The van der Waals surface area contributed by atoms with Gasteiger partial charge in [-0.3, -0.25) is 9.59 Å². The summed E-state index contributed by atoms with van der Waals surface area (Å²) in [6.45, 7) is 4.80. The van der Waals surface area contributed by atoms with Crippen molar-refractivity contribution in [1.82, 2.24) is 0 Å². The third-order valence-corrected chi connectivity index (χ3v) is 9.37. The molecule has 0 aliphatic rings. The van der Waals surface area contributed by atoms with Crippen molar-refractivity contribution in [3.63, 3.8) is 0 Å². The zero-order chi connectivity index (χ0) is 40.7. The number of carbonyl (C=O) groups is 3. The highest BCUT2D eigenvalue weighted by Crippen LogP contribution is 2.13. The van der Waals surface area contributed by atoms with E-state index < -0.39 is 24.3 Å². The molecule has 0 aromatic carbocycles. The molecular formula is C46H84NO8+. The van der Waals surface area contributed by atoms with Crippen LogP contribution in [0.1, 0.15) is 181 Å². The molecule has 9 nitrogen and oxygen atoms in total. The molecule has 0 bridgehead atoms. The average Bonchev–Trinajstić information content (AvgIpc) is 3.14. The minimum Gasteiger partial charge on any atom is -0.477 e. The number of rotatable bonds is 40. The van der Waals surface area contributed by atoms with Gasteiger partial charge in [-0.05, 0) is 70.6 Å². The van der Waals surface area contributed by atoms with Crippen molar-refractivity contribution < 1.29 is 42.9 Å². The number of carboxylic acids is 1. The zero-order valence-electron chi connectivity index (χ0n) is 36.1. The maximum atomic E-state index is 12.7. The van der Waals surface area contributed by atoms with Gasteiger partial charge in [0.2, 0.25) is 0 Å². The lowest BCUT2D eigenvalue weighted by atomic mass is 10.1. The molecule has 1 N–H and O–H groups in total. The molecule has 0 radical (unpaired) electrons. The summed E-state index contributed by atoms with van der Waals surface area (Å²) in [7, 11) is 5.94. The molecule has 0 aromatic heterocycles. The summed E-state index contributed by atoms with van der Waals surface area (Å²) in [6.07, 6.45) is 39.1. The Labute approximate surface area is 337 Å². The summed E-state index contributed by atoms with van der Waals surface area (Å²) in [5.41, 5.74) is 0. The van der Waals surface area contributed by atoms with Gasteiger partial charge in [0.25, 0.3) is 6.29 Å². The Bertz CT molecular complexity index is 1000. The van der Waals surface area contributed by atoms with Gasteiger partial charge in [-0.15, -0.1) is 0 Å². The first-order chi connectivity index (χ1) is 26.6. The molecule has 0 saturated carbocycles. The van der Waals surface area contributed by atoms with Gasteiger partial charge >= 0.3 is 17.9 Å². The van der Waals surface area contributed by atoms with Crippen LogP contribution in [0.4, 0.5) is 0 Å². The first-order valence-corrected chi connectivity index (χ1v) is 22.2. The summed E-state index contributed by atoms with van der Waals surface area (Å²) in [6, 6.07) is 0. The summed E-state index contributed by atoms with van der Waals surface area (Å²) in [4.78, 5) is 37.1. The van der Waals surface area contributed by atoms with E-state index in [0.717, 1.165) is 77.0 Å². The summed E-state index contributed by atoms with van der Waals surface area (Å²) >= 11 is 0. The summed E-state index contributed by atoms with van der Waals surface area (Å²) in [5, 5.41) is 9.62. The van der Waals surface area contributed by atoms with E-state index in [9.17, 15) is 19.5 Å². The van der Waals surface area contributed by atoms with Crippen molar-refractivity contribution in [2.45, 2.75) is 193 Å². The number of esters is 2. The molecule has 320 valence electrons. The van der Waals surface area contributed by atoms with Gasteiger partial charge in [-0.2, -0.15) is 0 Å². The van der Waals surface area contributed by atoms with E-state index in [1.165, 1.54) is 70.6 Å². The molecule has 2 atom stereocenters. The number of carbonyl (C=O) groups excluding carboxylic acids is 2. The van der Waals surface area contributed by atoms with Crippen molar-refractivity contribution in [2.24, 2.45) is 0 Å². The minimum atomic E-state index is -1.51. The van der Waals surface area contributed by atoms with E-state index in [0.29, 0.717) is 17.4 Å². The largest absolute Gasteiger partial charge is 0.477 e. The quantitative estimate of drug-likeness (QED) is 0.0215. The van der Waals surface area contributed by atoms with Crippen LogP contribution in [0, 0.1) is 0 Å². The van der Waals surface area contributed by atoms with Crippen LogP contribution in [-0.2, 0) is 33.3 Å². The van der Waals surface area contributed by atoms with E-state index in [-0.39, 0.29) is 38.6 Å². The first kappa shape index (κ1) is 52.5. The van der Waals surface area contributed by atoms with Gasteiger partial charge in [-0.25, -0.2) is 4.79 Å². The lowest BCUT2D eigenvalue weighted by Crippen LogP contribution is -2.40. The van der Waals surface area contributed by atoms with Gasteiger partial charge < -0.3 is 28.5 Å². The van der Waals surface area contributed by atoms with Crippen molar-refractivity contribution >= 4 is 17.9 Å². The fourth-order valence-corrected chi connectivity index (χ4v) is 5.86. The van der Waals surface area contributed by atoms with Gasteiger partial charge in [0, 0.05) is 12.8 Å². The monoisotopic (exact) mass is 779 g/mol. The van der Waals surface area contributed by atoms with Crippen molar-refractivity contribution in [3.8, 4) is 0 Å². The SMILES string of the molecule is CCCCC/C=C\C/C=C\CCCCCCCC(=O)OC(COC(=O)CCCCCCC/C=C\CCCCCCCC)COC(OCC[N+](C)(C)C)C(=O)O. The topological polar surface area (TPSA) is 108 Å². The molecule has 0 rings (SSSR count). The van der Waals surface area contributed by atoms with Crippen LogP contribution < -0.4 is 0 Å². The number of ether oxygens (including phenoxy) is 4. The third kappa shape index (κ3) is 39.5. The standard InChI is InChI=1S/C46H83NO8/c1-6-8-10-12-14-16-18-20-22-24-26-28-30-32-34-36-43(48)53-40-42(41-54-46(45(50)51)52-39-38-47(3,4)5)55-44(49)37-35-33-31-29-27-25-23-21-19-17-15-13-11-9-7-2/h15,17,20-23,42,46H,6-14,16,18-19,24-41H2,1-5H3/p+1/b17-15-,22-20-,23-21-. The van der Waals surface area contributed by atoms with Crippen molar-refractivity contribution in [2.75, 3.05) is 47.5 Å². The number of carboxylic acid groups (broad SMARTS) is 1. The smallest absolute Gasteiger partial charge is 0.361 e. The van der Waals surface area contributed by atoms with E-state index in [1.807, 2.05) is 21.1 Å². The molecule has 0 aliphatic carbocycles. The molecule has 55 heavy (non-hydrogen) atoms. The summed E-state index contributed by atoms with van der Waals surface area (Å²) in [5.74, 6) is -2.04. The number of hydrogen-bond donors (Lipinski definition) is 1. The molecule has 0 spiro atoms. The highest BCUT2D eigenvalue weighted by molar-refractivity contribution is 5.71. The molecule has 0 amide bonds. The van der Waals surface area contributed by atoms with Crippen LogP contribution in [0.25, 0.3) is 0 Å². The van der Waals surface area contributed by atoms with Crippen molar-refractivity contribution in [1.29, 1.82) is 0 Å². The van der Waals surface area contributed by atoms with Crippen LogP contribution in [0.2, 0.25) is 0 Å². The fraction of sp³-hybridized carbons (Fsp3) is 0.804. The number of likely N-dealkylation sites (N-methyl/N-ethyl adjacent to an activating group) is 1. The van der Waals surface area contributed by atoms with Gasteiger partial charge in [-0.1, -0.05) is 134 Å². The highest BCUT2D eigenvalue weighted by Gasteiger charge is 2.25. The van der Waals surface area contributed by atoms with E-state index in [1.54, 1.807) is 0 Å². The molecule has 0 aromatic rings. The minimum absolute atomic E-state index is 0.183. The second kappa shape index (κ2) is 38.4. The first-order valence-electron chi connectivity index (χ1n) is 22.2.